The summed E-state index contributed by atoms with van der Waals surface area (Å²) in [5, 5.41) is 7.60. The van der Waals surface area contributed by atoms with Crippen LogP contribution in [-0.2, 0) is 0 Å². The average molecular weight is 232 g/mol. The van der Waals surface area contributed by atoms with E-state index >= 15 is 0 Å². The van der Waals surface area contributed by atoms with Gasteiger partial charge in [-0.05, 0) is 31.9 Å². The molecule has 1 saturated carbocycles. The van der Waals surface area contributed by atoms with E-state index in [1.165, 1.54) is 25.7 Å². The molecule has 4 heteroatoms. The molecule has 4 nitrogen and oxygen atoms in total. The molecule has 0 unspecified atom stereocenters. The number of pyridine rings is 1. The normalized spacial score (nSPS) is 16.1. The Labute approximate surface area is 102 Å². The highest BCUT2D eigenvalue weighted by atomic mass is 15.2. The summed E-state index contributed by atoms with van der Waals surface area (Å²) in [5.41, 5.74) is 7.22. The van der Waals surface area contributed by atoms with E-state index in [9.17, 15) is 0 Å². The van der Waals surface area contributed by atoms with Crippen LogP contribution in [-0.4, -0.2) is 23.4 Å². The Kier molecular flexibility index (Phi) is 3.61. The number of rotatable bonds is 4. The first kappa shape index (κ1) is 11.9. The summed E-state index contributed by atoms with van der Waals surface area (Å²) < 4.78 is 0. The van der Waals surface area contributed by atoms with Crippen LogP contribution in [0.1, 0.15) is 38.3 Å². The molecule has 0 bridgehead atoms. The van der Waals surface area contributed by atoms with Crippen LogP contribution in [0.15, 0.2) is 18.3 Å². The van der Waals surface area contributed by atoms with E-state index in [1.807, 2.05) is 12.1 Å². The monoisotopic (exact) mass is 232 g/mol. The maximum Gasteiger partial charge on any atom is 0.143 e. The van der Waals surface area contributed by atoms with E-state index < -0.39 is 0 Å². The van der Waals surface area contributed by atoms with Gasteiger partial charge in [0.2, 0.25) is 0 Å². The maximum absolute atomic E-state index is 7.60. The summed E-state index contributed by atoms with van der Waals surface area (Å²) in [4.78, 5) is 6.57. The number of hydrogen-bond donors (Lipinski definition) is 2. The van der Waals surface area contributed by atoms with Gasteiger partial charge >= 0.3 is 0 Å². The van der Waals surface area contributed by atoms with Crippen LogP contribution >= 0.6 is 0 Å². The minimum atomic E-state index is 0.0528. The summed E-state index contributed by atoms with van der Waals surface area (Å²) in [6.07, 6.45) is 6.77. The van der Waals surface area contributed by atoms with Gasteiger partial charge in [0.05, 0.1) is 5.69 Å². The third kappa shape index (κ3) is 2.40. The fourth-order valence-electron chi connectivity index (χ4n) is 2.68. The van der Waals surface area contributed by atoms with Crippen LogP contribution in [0.4, 0.5) is 5.69 Å². The summed E-state index contributed by atoms with van der Waals surface area (Å²) in [6.45, 7) is 3.09. The highest BCUT2D eigenvalue weighted by Crippen LogP contribution is 2.29. The third-order valence-electron chi connectivity index (χ3n) is 3.46. The lowest BCUT2D eigenvalue weighted by Crippen LogP contribution is -2.35. The second-order valence-corrected chi connectivity index (χ2v) is 4.51. The zero-order valence-electron chi connectivity index (χ0n) is 10.3. The third-order valence-corrected chi connectivity index (χ3v) is 3.46. The number of nitrogens with zero attached hydrogens (tertiary/aromatic N) is 2. The molecule has 1 aromatic rings. The molecule has 0 spiro atoms. The molecule has 1 heterocycles. The Morgan fingerprint density at radius 2 is 2.24 bits per heavy atom. The van der Waals surface area contributed by atoms with Crippen molar-refractivity contribution in [3.63, 3.8) is 0 Å². The molecule has 0 atom stereocenters. The fraction of sp³-hybridized carbons (Fsp3) is 0.538. The van der Waals surface area contributed by atoms with Gasteiger partial charge in [-0.15, -0.1) is 0 Å². The van der Waals surface area contributed by atoms with Crippen LogP contribution in [0.2, 0.25) is 0 Å². The second-order valence-electron chi connectivity index (χ2n) is 4.51. The molecule has 3 N–H and O–H groups in total. The van der Waals surface area contributed by atoms with Crippen molar-refractivity contribution in [1.82, 2.24) is 4.98 Å². The standard InChI is InChI=1S/C13H20N4/c1-2-17(10-6-3-4-7-10)11-8-5-9-16-12(11)13(14)15/h5,8-10H,2-4,6-7H2,1H3,(H3,14,15). The van der Waals surface area contributed by atoms with E-state index in [-0.39, 0.29) is 5.84 Å². The molecule has 1 aliphatic rings. The van der Waals surface area contributed by atoms with E-state index in [0.29, 0.717) is 11.7 Å². The summed E-state index contributed by atoms with van der Waals surface area (Å²) in [5.74, 6) is 0.0528. The van der Waals surface area contributed by atoms with Crippen molar-refractivity contribution in [3.05, 3.63) is 24.0 Å². The van der Waals surface area contributed by atoms with Crippen molar-refractivity contribution in [2.45, 2.75) is 38.6 Å². The minimum Gasteiger partial charge on any atom is -0.382 e. The van der Waals surface area contributed by atoms with Gasteiger partial charge in [0.25, 0.3) is 0 Å². The zero-order valence-corrected chi connectivity index (χ0v) is 10.3. The molecule has 0 saturated heterocycles. The molecule has 0 aliphatic heterocycles. The first-order chi connectivity index (χ1) is 8.24. The molecular weight excluding hydrogens is 212 g/mol. The maximum atomic E-state index is 7.60. The molecule has 0 radical (unpaired) electrons. The lowest BCUT2D eigenvalue weighted by atomic mass is 10.1. The van der Waals surface area contributed by atoms with Crippen molar-refractivity contribution in [3.8, 4) is 0 Å². The number of nitrogens with one attached hydrogen (secondary N) is 1. The second kappa shape index (κ2) is 5.17. The Bertz CT molecular complexity index is 396. The van der Waals surface area contributed by atoms with Crippen molar-refractivity contribution < 1.29 is 0 Å². The van der Waals surface area contributed by atoms with Gasteiger partial charge in [-0.2, -0.15) is 0 Å². The Hall–Kier alpha value is -1.58. The highest BCUT2D eigenvalue weighted by Gasteiger charge is 2.24. The highest BCUT2D eigenvalue weighted by molar-refractivity contribution is 5.98. The Balaban J connectivity index is 2.32. The fourth-order valence-corrected chi connectivity index (χ4v) is 2.68. The smallest absolute Gasteiger partial charge is 0.143 e. The largest absolute Gasteiger partial charge is 0.382 e. The zero-order chi connectivity index (χ0) is 12.3. The van der Waals surface area contributed by atoms with E-state index in [1.54, 1.807) is 6.20 Å². The summed E-state index contributed by atoms with van der Waals surface area (Å²) >= 11 is 0. The van der Waals surface area contributed by atoms with Gasteiger partial charge < -0.3 is 10.6 Å². The first-order valence-electron chi connectivity index (χ1n) is 6.30. The van der Waals surface area contributed by atoms with Crippen LogP contribution in [0.3, 0.4) is 0 Å². The van der Waals surface area contributed by atoms with Gasteiger partial charge in [0.15, 0.2) is 0 Å². The van der Waals surface area contributed by atoms with Gasteiger partial charge in [0.1, 0.15) is 11.5 Å². The van der Waals surface area contributed by atoms with Crippen LogP contribution < -0.4 is 10.6 Å². The number of anilines is 1. The van der Waals surface area contributed by atoms with Gasteiger partial charge in [0, 0.05) is 18.8 Å². The first-order valence-corrected chi connectivity index (χ1v) is 6.30. The van der Waals surface area contributed by atoms with Gasteiger partial charge in [-0.3, -0.25) is 10.4 Å². The van der Waals surface area contributed by atoms with E-state index in [4.69, 9.17) is 11.1 Å². The lowest BCUT2D eigenvalue weighted by Gasteiger charge is -2.31. The molecular formula is C13H20N4. The molecule has 2 rings (SSSR count). The summed E-state index contributed by atoms with van der Waals surface area (Å²) in [6, 6.07) is 4.52. The SMILES string of the molecule is CCN(c1cccnc1C(=N)N)C1CCCC1. The molecule has 1 aromatic heterocycles. The van der Waals surface area contributed by atoms with Crippen LogP contribution in [0, 0.1) is 5.41 Å². The Morgan fingerprint density at radius 1 is 1.53 bits per heavy atom. The number of nitrogen functional groups attached to an aromatic ring is 1. The molecule has 92 valence electrons. The van der Waals surface area contributed by atoms with E-state index in [2.05, 4.69) is 16.8 Å². The molecule has 17 heavy (non-hydrogen) atoms. The van der Waals surface area contributed by atoms with Crippen molar-refractivity contribution in [2.24, 2.45) is 5.73 Å². The minimum absolute atomic E-state index is 0.0528. The molecule has 0 amide bonds. The average Bonchev–Trinajstić information content (AvgIpc) is 2.84. The van der Waals surface area contributed by atoms with Gasteiger partial charge in [-0.25, -0.2) is 0 Å². The quantitative estimate of drug-likeness (QED) is 0.617. The van der Waals surface area contributed by atoms with Gasteiger partial charge in [-0.1, -0.05) is 12.8 Å². The van der Waals surface area contributed by atoms with Crippen molar-refractivity contribution in [2.75, 3.05) is 11.4 Å². The molecule has 0 aromatic carbocycles. The predicted molar refractivity (Wildman–Crippen MR) is 70.5 cm³/mol. The van der Waals surface area contributed by atoms with Crippen molar-refractivity contribution >= 4 is 11.5 Å². The van der Waals surface area contributed by atoms with E-state index in [0.717, 1.165) is 12.2 Å². The summed E-state index contributed by atoms with van der Waals surface area (Å²) in [7, 11) is 0. The predicted octanol–water partition coefficient (Wildman–Crippen LogP) is 2.13. The molecule has 1 fully saturated rings. The Morgan fingerprint density at radius 3 is 2.82 bits per heavy atom. The van der Waals surface area contributed by atoms with Crippen LogP contribution in [0.25, 0.3) is 0 Å². The van der Waals surface area contributed by atoms with Crippen molar-refractivity contribution in [1.29, 1.82) is 5.41 Å². The number of nitrogens with two attached hydrogens (primary N) is 1. The lowest BCUT2D eigenvalue weighted by molar-refractivity contribution is 0.618. The topological polar surface area (TPSA) is 66.0 Å². The number of aromatic nitrogens is 1. The molecule has 1 aliphatic carbocycles. The van der Waals surface area contributed by atoms with Crippen LogP contribution in [0.5, 0.6) is 0 Å². The number of amidine groups is 1. The number of hydrogen-bond acceptors (Lipinski definition) is 3.